The number of fused-ring (bicyclic) bond motifs is 1. The Morgan fingerprint density at radius 2 is 1.94 bits per heavy atom. The van der Waals surface area contributed by atoms with Crippen LogP contribution in [0.15, 0.2) is 36.4 Å². The highest BCUT2D eigenvalue weighted by atomic mass is 16.3. The Hall–Kier alpha value is -2.11. The van der Waals surface area contributed by atoms with Gasteiger partial charge in [-0.25, -0.2) is 0 Å². The zero-order valence-electron chi connectivity index (χ0n) is 19.6. The van der Waals surface area contributed by atoms with Crippen molar-refractivity contribution in [2.24, 2.45) is 5.92 Å². The van der Waals surface area contributed by atoms with Crippen LogP contribution >= 0.6 is 0 Å². The third-order valence-corrected chi connectivity index (χ3v) is 7.23. The minimum atomic E-state index is -0.742. The lowest BCUT2D eigenvalue weighted by Crippen LogP contribution is -2.34. The highest BCUT2D eigenvalue weighted by molar-refractivity contribution is 5.96. The summed E-state index contributed by atoms with van der Waals surface area (Å²) in [5.74, 6) is 0.862. The number of rotatable bonds is 11. The SMILES string of the molecule is CC[C@@H](CCC1CC1)NC(O)c1cc(C(=O)N[C@H](CC)c2ccccc2)c2n1CCCC2. The van der Waals surface area contributed by atoms with E-state index in [1.807, 2.05) is 24.3 Å². The first-order valence-corrected chi connectivity index (χ1v) is 12.6. The highest BCUT2D eigenvalue weighted by Gasteiger charge is 2.28. The summed E-state index contributed by atoms with van der Waals surface area (Å²) < 4.78 is 2.19. The van der Waals surface area contributed by atoms with Crippen LogP contribution in [0.2, 0.25) is 0 Å². The number of hydrogen-bond acceptors (Lipinski definition) is 3. The second kappa shape index (κ2) is 10.7. The number of aliphatic hydroxyl groups is 1. The summed E-state index contributed by atoms with van der Waals surface area (Å²) in [7, 11) is 0. The number of aromatic nitrogens is 1. The molecule has 0 radical (unpaired) electrons. The molecule has 3 N–H and O–H groups in total. The van der Waals surface area contributed by atoms with Crippen LogP contribution in [0.25, 0.3) is 0 Å². The molecular formula is C27H39N3O2. The zero-order chi connectivity index (χ0) is 22.5. The first-order valence-electron chi connectivity index (χ1n) is 12.6. The third kappa shape index (κ3) is 5.44. The first kappa shape index (κ1) is 23.1. The highest BCUT2D eigenvalue weighted by Crippen LogP contribution is 2.34. The van der Waals surface area contributed by atoms with Crippen LogP contribution in [0, 0.1) is 5.92 Å². The van der Waals surface area contributed by atoms with Gasteiger partial charge in [0.1, 0.15) is 6.23 Å². The Bertz CT molecular complexity index is 888. The molecule has 1 unspecified atom stereocenters. The van der Waals surface area contributed by atoms with Crippen LogP contribution in [-0.4, -0.2) is 21.6 Å². The average Bonchev–Trinajstić information content (AvgIpc) is 3.58. The lowest BCUT2D eigenvalue weighted by atomic mass is 10.0. The molecule has 1 amide bonds. The number of hydrogen-bond donors (Lipinski definition) is 3. The molecule has 1 fully saturated rings. The lowest BCUT2D eigenvalue weighted by molar-refractivity contribution is 0.0934. The molecule has 4 rings (SSSR count). The Balaban J connectivity index is 1.50. The topological polar surface area (TPSA) is 66.3 Å². The molecule has 3 atom stereocenters. The van der Waals surface area contributed by atoms with Crippen LogP contribution in [0.4, 0.5) is 0 Å². The van der Waals surface area contributed by atoms with Gasteiger partial charge in [0.15, 0.2) is 0 Å². The lowest BCUT2D eigenvalue weighted by Gasteiger charge is -2.25. The van der Waals surface area contributed by atoms with E-state index >= 15 is 0 Å². The van der Waals surface area contributed by atoms with E-state index in [4.69, 9.17) is 0 Å². The van der Waals surface area contributed by atoms with Crippen LogP contribution in [-0.2, 0) is 13.0 Å². The second-order valence-corrected chi connectivity index (χ2v) is 9.58. The second-order valence-electron chi connectivity index (χ2n) is 9.58. The van der Waals surface area contributed by atoms with E-state index in [9.17, 15) is 9.90 Å². The van der Waals surface area contributed by atoms with Crippen molar-refractivity contribution >= 4 is 5.91 Å². The van der Waals surface area contributed by atoms with Gasteiger partial charge in [-0.3, -0.25) is 10.1 Å². The quantitative estimate of drug-likeness (QED) is 0.420. The maximum Gasteiger partial charge on any atom is 0.253 e. The summed E-state index contributed by atoms with van der Waals surface area (Å²) in [5, 5.41) is 17.8. The molecule has 0 bridgehead atoms. The standard InChI is InChI=1S/C27H39N3O2/c1-3-21(16-15-19-13-14-19)28-27(32)25-18-22(24-12-8-9-17-30(24)25)26(31)29-23(4-2)20-10-6-5-7-11-20/h5-7,10-11,18-19,21,23,27-28,32H,3-4,8-9,12-17H2,1-2H3,(H,29,31)/t21-,23+,27?/m0/s1. The number of nitrogens with one attached hydrogen (secondary N) is 2. The van der Waals surface area contributed by atoms with Crippen molar-refractivity contribution in [1.29, 1.82) is 0 Å². The molecule has 0 spiro atoms. The monoisotopic (exact) mass is 437 g/mol. The number of nitrogens with zero attached hydrogens (tertiary/aromatic N) is 1. The van der Waals surface area contributed by atoms with E-state index < -0.39 is 6.23 Å². The van der Waals surface area contributed by atoms with Gasteiger partial charge < -0.3 is 15.0 Å². The first-order chi connectivity index (χ1) is 15.6. The molecule has 1 aromatic heterocycles. The van der Waals surface area contributed by atoms with Gasteiger partial charge in [0.05, 0.1) is 17.3 Å². The Labute approximate surface area is 192 Å². The van der Waals surface area contributed by atoms with Gasteiger partial charge in [0.2, 0.25) is 0 Å². The minimum absolute atomic E-state index is 0.0127. The summed E-state index contributed by atoms with van der Waals surface area (Å²) in [6, 6.07) is 12.4. The number of carbonyl (C=O) groups excluding carboxylic acids is 1. The fourth-order valence-electron chi connectivity index (χ4n) is 5.03. The largest absolute Gasteiger partial charge is 0.373 e. The van der Waals surface area contributed by atoms with Crippen molar-refractivity contribution in [3.63, 3.8) is 0 Å². The van der Waals surface area contributed by atoms with Crippen molar-refractivity contribution in [2.75, 3.05) is 0 Å². The van der Waals surface area contributed by atoms with E-state index in [1.165, 1.54) is 19.3 Å². The van der Waals surface area contributed by atoms with E-state index in [0.717, 1.165) is 73.5 Å². The normalized spacial score (nSPS) is 18.6. The maximum absolute atomic E-state index is 13.3. The number of aliphatic hydroxyl groups excluding tert-OH is 1. The summed E-state index contributed by atoms with van der Waals surface area (Å²) in [6.07, 6.45) is 9.23. The van der Waals surface area contributed by atoms with Gasteiger partial charge in [-0.05, 0) is 62.5 Å². The average molecular weight is 438 g/mol. The molecular weight excluding hydrogens is 398 g/mol. The zero-order valence-corrected chi connectivity index (χ0v) is 19.6. The summed E-state index contributed by atoms with van der Waals surface area (Å²) >= 11 is 0. The summed E-state index contributed by atoms with van der Waals surface area (Å²) in [4.78, 5) is 13.3. The number of amides is 1. The maximum atomic E-state index is 13.3. The minimum Gasteiger partial charge on any atom is -0.373 e. The Morgan fingerprint density at radius 1 is 1.16 bits per heavy atom. The van der Waals surface area contributed by atoms with Gasteiger partial charge in [-0.15, -0.1) is 0 Å². The van der Waals surface area contributed by atoms with Crippen LogP contribution < -0.4 is 10.6 Å². The van der Waals surface area contributed by atoms with Crippen molar-refractivity contribution in [2.45, 2.75) is 96.5 Å². The summed E-state index contributed by atoms with van der Waals surface area (Å²) in [6.45, 7) is 5.14. The van der Waals surface area contributed by atoms with Crippen molar-refractivity contribution < 1.29 is 9.90 Å². The molecule has 2 heterocycles. The van der Waals surface area contributed by atoms with Crippen LogP contribution in [0.1, 0.15) is 105 Å². The van der Waals surface area contributed by atoms with Crippen LogP contribution in [0.5, 0.6) is 0 Å². The number of carbonyl (C=O) groups is 1. The van der Waals surface area contributed by atoms with Crippen LogP contribution in [0.3, 0.4) is 0 Å². The van der Waals surface area contributed by atoms with Crippen molar-refractivity contribution in [3.05, 3.63) is 58.9 Å². The van der Waals surface area contributed by atoms with Gasteiger partial charge in [0.25, 0.3) is 5.91 Å². The van der Waals surface area contributed by atoms with Gasteiger partial charge >= 0.3 is 0 Å². The van der Waals surface area contributed by atoms with Crippen molar-refractivity contribution in [1.82, 2.24) is 15.2 Å². The van der Waals surface area contributed by atoms with E-state index in [-0.39, 0.29) is 11.9 Å². The molecule has 5 heteroatoms. The molecule has 174 valence electrons. The Morgan fingerprint density at radius 3 is 2.62 bits per heavy atom. The van der Waals surface area contributed by atoms with Gasteiger partial charge in [-0.2, -0.15) is 0 Å². The summed E-state index contributed by atoms with van der Waals surface area (Å²) in [5.41, 5.74) is 3.75. The smallest absolute Gasteiger partial charge is 0.253 e. The predicted octanol–water partition coefficient (Wildman–Crippen LogP) is 5.25. The fraction of sp³-hybridized carbons (Fsp3) is 0.593. The molecule has 5 nitrogen and oxygen atoms in total. The molecule has 32 heavy (non-hydrogen) atoms. The molecule has 2 aliphatic rings. The molecule has 1 aliphatic heterocycles. The van der Waals surface area contributed by atoms with E-state index in [0.29, 0.717) is 6.04 Å². The van der Waals surface area contributed by atoms with Gasteiger partial charge in [0, 0.05) is 18.3 Å². The predicted molar refractivity (Wildman–Crippen MR) is 128 cm³/mol. The third-order valence-electron chi connectivity index (χ3n) is 7.23. The van der Waals surface area contributed by atoms with E-state index in [1.54, 1.807) is 0 Å². The molecule has 1 aliphatic carbocycles. The molecule has 0 saturated heterocycles. The fourth-order valence-corrected chi connectivity index (χ4v) is 5.03. The number of benzene rings is 1. The van der Waals surface area contributed by atoms with Crippen molar-refractivity contribution in [3.8, 4) is 0 Å². The van der Waals surface area contributed by atoms with Gasteiger partial charge in [-0.1, -0.05) is 57.0 Å². The van der Waals surface area contributed by atoms with E-state index in [2.05, 4.69) is 41.2 Å². The molecule has 1 saturated carbocycles. The molecule has 1 aromatic carbocycles. The Kier molecular flexibility index (Phi) is 7.69. The molecule has 2 aromatic rings.